The van der Waals surface area contributed by atoms with E-state index in [1.165, 1.54) is 0 Å². The molecule has 3 N–H and O–H groups in total. The first kappa shape index (κ1) is 16.0. The highest BCUT2D eigenvalue weighted by Gasteiger charge is 2.20. The lowest BCUT2D eigenvalue weighted by Gasteiger charge is -2.13. The zero-order valence-corrected chi connectivity index (χ0v) is 12.7. The summed E-state index contributed by atoms with van der Waals surface area (Å²) < 4.78 is 11.9. The molecule has 0 aliphatic carbocycles. The molecule has 1 aromatic carbocycles. The van der Waals surface area contributed by atoms with E-state index in [4.69, 9.17) is 17.3 Å². The molecule has 1 aromatic rings. The Labute approximate surface area is 121 Å². The number of carbonyl (C=O) groups excluding carboxylic acids is 1. The van der Waals surface area contributed by atoms with Crippen molar-refractivity contribution in [3.05, 3.63) is 23.2 Å². The summed E-state index contributed by atoms with van der Waals surface area (Å²) in [5.74, 6) is 0.252. The maximum Gasteiger partial charge on any atom is 0.239 e. The van der Waals surface area contributed by atoms with Gasteiger partial charge in [-0.1, -0.05) is 24.9 Å². The van der Waals surface area contributed by atoms with Crippen molar-refractivity contribution in [2.45, 2.75) is 31.9 Å². The Bertz CT molecular complexity index is 480. The summed E-state index contributed by atoms with van der Waals surface area (Å²) >= 11 is 5.97. The van der Waals surface area contributed by atoms with Crippen LogP contribution < -0.4 is 11.1 Å². The summed E-state index contributed by atoms with van der Waals surface area (Å²) in [4.78, 5) is 12.0. The Morgan fingerprint density at radius 1 is 1.53 bits per heavy atom. The molecule has 0 aliphatic heterocycles. The molecular formula is C13H19ClN2O2S. The van der Waals surface area contributed by atoms with Crippen molar-refractivity contribution < 1.29 is 9.00 Å². The molecule has 0 spiro atoms. The van der Waals surface area contributed by atoms with Gasteiger partial charge in [0, 0.05) is 22.2 Å². The maximum absolute atomic E-state index is 12.0. The molecule has 2 atom stereocenters. The van der Waals surface area contributed by atoms with Gasteiger partial charge >= 0.3 is 0 Å². The highest BCUT2D eigenvalue weighted by atomic mass is 35.5. The number of nitrogens with one attached hydrogen (secondary N) is 1. The first-order valence-electron chi connectivity index (χ1n) is 6.18. The van der Waals surface area contributed by atoms with Crippen LogP contribution in [0.3, 0.4) is 0 Å². The maximum atomic E-state index is 12.0. The molecule has 0 saturated heterocycles. The van der Waals surface area contributed by atoms with Gasteiger partial charge in [0.15, 0.2) is 0 Å². The molecule has 106 valence electrons. The van der Waals surface area contributed by atoms with Crippen molar-refractivity contribution >= 4 is 39.7 Å². The zero-order valence-electron chi connectivity index (χ0n) is 11.1. The number of unbranched alkanes of at least 4 members (excludes halogenated alkanes) is 1. The number of amides is 1. The van der Waals surface area contributed by atoms with Gasteiger partial charge in [0.05, 0.1) is 10.7 Å². The van der Waals surface area contributed by atoms with E-state index in [2.05, 4.69) is 5.32 Å². The molecule has 0 heterocycles. The minimum absolute atomic E-state index is 0.291. The largest absolute Gasteiger partial charge is 0.399 e. The minimum Gasteiger partial charge on any atom is -0.399 e. The first-order valence-corrected chi connectivity index (χ1v) is 7.94. The number of anilines is 2. The Morgan fingerprint density at radius 3 is 2.79 bits per heavy atom. The Morgan fingerprint density at radius 2 is 2.21 bits per heavy atom. The van der Waals surface area contributed by atoms with Crippen molar-refractivity contribution in [2.75, 3.05) is 16.8 Å². The molecule has 0 bridgehead atoms. The van der Waals surface area contributed by atoms with Gasteiger partial charge in [-0.3, -0.25) is 9.00 Å². The van der Waals surface area contributed by atoms with Crippen LogP contribution in [-0.2, 0) is 15.6 Å². The first-order chi connectivity index (χ1) is 8.95. The van der Waals surface area contributed by atoms with Gasteiger partial charge in [-0.05, 0) is 31.5 Å². The normalized spacial score (nSPS) is 13.8. The molecule has 0 radical (unpaired) electrons. The zero-order chi connectivity index (χ0) is 14.4. The van der Waals surface area contributed by atoms with Crippen LogP contribution in [0.2, 0.25) is 5.02 Å². The van der Waals surface area contributed by atoms with Crippen molar-refractivity contribution in [3.63, 3.8) is 0 Å². The third-order valence-corrected chi connectivity index (χ3v) is 4.72. The third-order valence-electron chi connectivity index (χ3n) is 2.71. The molecule has 0 saturated carbocycles. The fourth-order valence-electron chi connectivity index (χ4n) is 1.45. The summed E-state index contributed by atoms with van der Waals surface area (Å²) in [5, 5.41) is 2.49. The fourth-order valence-corrected chi connectivity index (χ4v) is 2.91. The highest BCUT2D eigenvalue weighted by molar-refractivity contribution is 7.86. The lowest BCUT2D eigenvalue weighted by atomic mass is 10.2. The number of carbonyl (C=O) groups is 1. The van der Waals surface area contributed by atoms with E-state index in [-0.39, 0.29) is 5.91 Å². The highest BCUT2D eigenvalue weighted by Crippen LogP contribution is 2.24. The Balaban J connectivity index is 2.66. The summed E-state index contributed by atoms with van der Waals surface area (Å²) in [6, 6.07) is 4.85. The van der Waals surface area contributed by atoms with Crippen LogP contribution in [-0.4, -0.2) is 21.1 Å². The summed E-state index contributed by atoms with van der Waals surface area (Å²) in [6.07, 6.45) is 1.82. The number of halogens is 1. The topological polar surface area (TPSA) is 72.2 Å². The van der Waals surface area contributed by atoms with Crippen LogP contribution in [0.25, 0.3) is 0 Å². The number of benzene rings is 1. The molecule has 6 heteroatoms. The van der Waals surface area contributed by atoms with Crippen LogP contribution in [0.4, 0.5) is 11.4 Å². The Kier molecular flexibility index (Phi) is 6.31. The third kappa shape index (κ3) is 4.84. The molecule has 1 rings (SSSR count). The van der Waals surface area contributed by atoms with E-state index < -0.39 is 16.0 Å². The van der Waals surface area contributed by atoms with Crippen LogP contribution in [0.1, 0.15) is 26.7 Å². The van der Waals surface area contributed by atoms with E-state index in [0.29, 0.717) is 22.2 Å². The fraction of sp³-hybridized carbons (Fsp3) is 0.462. The summed E-state index contributed by atoms with van der Waals surface area (Å²) in [7, 11) is -1.16. The second kappa shape index (κ2) is 7.50. The quantitative estimate of drug-likeness (QED) is 0.794. The average molecular weight is 303 g/mol. The molecule has 2 unspecified atom stereocenters. The van der Waals surface area contributed by atoms with Crippen molar-refractivity contribution in [3.8, 4) is 0 Å². The van der Waals surface area contributed by atoms with E-state index >= 15 is 0 Å². The van der Waals surface area contributed by atoms with Crippen LogP contribution in [0, 0.1) is 0 Å². The molecule has 0 aliphatic rings. The second-order valence-electron chi connectivity index (χ2n) is 4.31. The monoisotopic (exact) mass is 302 g/mol. The van der Waals surface area contributed by atoms with Gasteiger partial charge in [-0.15, -0.1) is 0 Å². The van der Waals surface area contributed by atoms with Crippen molar-refractivity contribution in [1.82, 2.24) is 0 Å². The van der Waals surface area contributed by atoms with Crippen LogP contribution in [0.5, 0.6) is 0 Å². The SMILES string of the molecule is CCCCS(=O)C(C)C(=O)Nc1ccc(N)cc1Cl. The average Bonchev–Trinajstić information content (AvgIpc) is 2.38. The molecule has 4 nitrogen and oxygen atoms in total. The number of rotatable bonds is 6. The van der Waals surface area contributed by atoms with Crippen LogP contribution in [0.15, 0.2) is 18.2 Å². The number of nitrogens with two attached hydrogens (primary N) is 1. The number of hydrogen-bond acceptors (Lipinski definition) is 3. The van der Waals surface area contributed by atoms with Crippen molar-refractivity contribution in [1.29, 1.82) is 0 Å². The number of nitrogen functional groups attached to an aromatic ring is 1. The van der Waals surface area contributed by atoms with Gasteiger partial charge in [0.2, 0.25) is 5.91 Å². The molecule has 0 aromatic heterocycles. The van der Waals surface area contributed by atoms with Gasteiger partial charge < -0.3 is 11.1 Å². The predicted molar refractivity (Wildman–Crippen MR) is 81.9 cm³/mol. The molecular weight excluding hydrogens is 284 g/mol. The molecule has 0 fully saturated rings. The van der Waals surface area contributed by atoms with Gasteiger partial charge in [0.25, 0.3) is 0 Å². The summed E-state index contributed by atoms with van der Waals surface area (Å²) in [6.45, 7) is 3.68. The van der Waals surface area contributed by atoms with E-state index in [1.54, 1.807) is 25.1 Å². The number of hydrogen-bond donors (Lipinski definition) is 2. The lowest BCUT2D eigenvalue weighted by Crippen LogP contribution is -2.30. The van der Waals surface area contributed by atoms with E-state index in [0.717, 1.165) is 12.8 Å². The van der Waals surface area contributed by atoms with E-state index in [9.17, 15) is 9.00 Å². The van der Waals surface area contributed by atoms with Crippen molar-refractivity contribution in [2.24, 2.45) is 0 Å². The van der Waals surface area contributed by atoms with Gasteiger partial charge in [0.1, 0.15) is 5.25 Å². The smallest absolute Gasteiger partial charge is 0.239 e. The second-order valence-corrected chi connectivity index (χ2v) is 6.59. The van der Waals surface area contributed by atoms with Crippen LogP contribution >= 0.6 is 11.6 Å². The van der Waals surface area contributed by atoms with Gasteiger partial charge in [-0.25, -0.2) is 0 Å². The van der Waals surface area contributed by atoms with E-state index in [1.807, 2.05) is 6.92 Å². The molecule has 19 heavy (non-hydrogen) atoms. The molecule has 1 amide bonds. The minimum atomic E-state index is -1.16. The van der Waals surface area contributed by atoms with Gasteiger partial charge in [-0.2, -0.15) is 0 Å². The lowest BCUT2D eigenvalue weighted by molar-refractivity contribution is -0.115. The standard InChI is InChI=1S/C13H19ClN2O2S/c1-3-4-7-19(18)9(2)13(17)16-12-6-5-10(15)8-11(12)14/h5-6,8-9H,3-4,7,15H2,1-2H3,(H,16,17). The predicted octanol–water partition coefficient (Wildman–Crippen LogP) is 2.80. The Hall–Kier alpha value is -1.07. The summed E-state index contributed by atoms with van der Waals surface area (Å²) in [5.41, 5.74) is 6.59.